The van der Waals surface area contributed by atoms with Crippen LogP contribution in [0.2, 0.25) is 0 Å². The molecule has 0 heterocycles. The van der Waals surface area contributed by atoms with Crippen LogP contribution in [0.1, 0.15) is 35.4 Å². The van der Waals surface area contributed by atoms with Crippen molar-refractivity contribution in [1.82, 2.24) is 0 Å². The molecule has 4 heteroatoms. The SMILES string of the molecule is Cc1cc(F)cc(C2CC(=O)C=C(c3ccccc3Br)C2)c1Br. The van der Waals surface area contributed by atoms with E-state index in [4.69, 9.17) is 0 Å². The van der Waals surface area contributed by atoms with Crippen molar-refractivity contribution >= 4 is 43.2 Å². The summed E-state index contributed by atoms with van der Waals surface area (Å²) in [5, 5.41) is 0. The van der Waals surface area contributed by atoms with Crippen LogP contribution >= 0.6 is 31.9 Å². The highest BCUT2D eigenvalue weighted by Gasteiger charge is 2.26. The molecule has 2 aromatic carbocycles. The fourth-order valence-electron chi connectivity index (χ4n) is 3.07. The summed E-state index contributed by atoms with van der Waals surface area (Å²) in [6.45, 7) is 1.87. The minimum Gasteiger partial charge on any atom is -0.295 e. The second-order valence-electron chi connectivity index (χ2n) is 5.85. The summed E-state index contributed by atoms with van der Waals surface area (Å²) in [5.41, 5.74) is 3.74. The van der Waals surface area contributed by atoms with Crippen LogP contribution in [0.3, 0.4) is 0 Å². The Morgan fingerprint density at radius 2 is 1.87 bits per heavy atom. The van der Waals surface area contributed by atoms with Crippen molar-refractivity contribution in [2.45, 2.75) is 25.7 Å². The van der Waals surface area contributed by atoms with Crippen molar-refractivity contribution in [2.75, 3.05) is 0 Å². The molecule has 1 nitrogen and oxygen atoms in total. The summed E-state index contributed by atoms with van der Waals surface area (Å²) in [6.07, 6.45) is 2.85. The van der Waals surface area contributed by atoms with E-state index in [2.05, 4.69) is 31.9 Å². The zero-order chi connectivity index (χ0) is 16.6. The maximum absolute atomic E-state index is 13.8. The highest BCUT2D eigenvalue weighted by Crippen LogP contribution is 2.41. The topological polar surface area (TPSA) is 17.1 Å². The quantitative estimate of drug-likeness (QED) is 0.547. The molecular formula is C19H15Br2FO. The van der Waals surface area contributed by atoms with E-state index < -0.39 is 0 Å². The first kappa shape index (κ1) is 16.6. The van der Waals surface area contributed by atoms with Crippen LogP contribution in [0.25, 0.3) is 5.57 Å². The van der Waals surface area contributed by atoms with Crippen molar-refractivity contribution in [3.05, 3.63) is 73.9 Å². The number of rotatable bonds is 2. The maximum atomic E-state index is 13.8. The minimum absolute atomic E-state index is 0.0154. The molecule has 1 aliphatic rings. The van der Waals surface area contributed by atoms with Gasteiger partial charge in [-0.15, -0.1) is 0 Å². The predicted octanol–water partition coefficient (Wildman–Crippen LogP) is 6.19. The molecule has 0 radical (unpaired) electrons. The van der Waals surface area contributed by atoms with E-state index in [1.165, 1.54) is 12.1 Å². The molecule has 0 fully saturated rings. The zero-order valence-electron chi connectivity index (χ0n) is 12.6. The van der Waals surface area contributed by atoms with Crippen molar-refractivity contribution in [3.63, 3.8) is 0 Å². The van der Waals surface area contributed by atoms with Gasteiger partial charge >= 0.3 is 0 Å². The van der Waals surface area contributed by atoms with Gasteiger partial charge in [-0.3, -0.25) is 4.79 Å². The van der Waals surface area contributed by atoms with Crippen LogP contribution in [-0.4, -0.2) is 5.78 Å². The number of allylic oxidation sites excluding steroid dienone is 2. The van der Waals surface area contributed by atoms with Crippen LogP contribution in [-0.2, 0) is 4.79 Å². The van der Waals surface area contributed by atoms with E-state index in [0.717, 1.165) is 37.6 Å². The molecular weight excluding hydrogens is 423 g/mol. The molecule has 23 heavy (non-hydrogen) atoms. The second-order valence-corrected chi connectivity index (χ2v) is 7.49. The molecule has 1 atom stereocenters. The largest absolute Gasteiger partial charge is 0.295 e. The molecule has 0 bridgehead atoms. The smallest absolute Gasteiger partial charge is 0.156 e. The van der Waals surface area contributed by atoms with Gasteiger partial charge in [-0.2, -0.15) is 0 Å². The third-order valence-corrected chi connectivity index (χ3v) is 5.93. The fraction of sp³-hybridized carbons (Fsp3) is 0.211. The Morgan fingerprint density at radius 3 is 2.61 bits per heavy atom. The standard InChI is InChI=1S/C19H15Br2FO/c1-11-6-14(22)10-17(19(11)21)13-7-12(8-15(23)9-13)16-4-2-3-5-18(16)20/h2-6,8,10,13H,7,9H2,1H3. The Balaban J connectivity index is 2.01. The lowest BCUT2D eigenvalue weighted by Crippen LogP contribution is -2.13. The van der Waals surface area contributed by atoms with Crippen molar-refractivity contribution in [2.24, 2.45) is 0 Å². The van der Waals surface area contributed by atoms with Crippen LogP contribution in [0.5, 0.6) is 0 Å². The normalized spacial score (nSPS) is 18.0. The predicted molar refractivity (Wildman–Crippen MR) is 97.9 cm³/mol. The van der Waals surface area contributed by atoms with Gasteiger partial charge in [-0.05, 0) is 65.8 Å². The Kier molecular flexibility index (Phi) is 4.83. The fourth-order valence-corrected chi connectivity index (χ4v) is 4.16. The number of hydrogen-bond acceptors (Lipinski definition) is 1. The molecule has 0 N–H and O–H groups in total. The van der Waals surface area contributed by atoms with E-state index in [1.54, 1.807) is 6.08 Å². The monoisotopic (exact) mass is 436 g/mol. The maximum Gasteiger partial charge on any atom is 0.156 e. The van der Waals surface area contributed by atoms with E-state index in [9.17, 15) is 9.18 Å². The van der Waals surface area contributed by atoms with Gasteiger partial charge in [0.1, 0.15) is 5.82 Å². The minimum atomic E-state index is -0.259. The van der Waals surface area contributed by atoms with Gasteiger partial charge in [-0.25, -0.2) is 4.39 Å². The number of hydrogen-bond donors (Lipinski definition) is 0. The third-order valence-electron chi connectivity index (χ3n) is 4.16. The molecule has 0 spiro atoms. The molecule has 0 aliphatic heterocycles. The van der Waals surface area contributed by atoms with E-state index in [0.29, 0.717) is 6.42 Å². The Morgan fingerprint density at radius 1 is 1.13 bits per heavy atom. The van der Waals surface area contributed by atoms with Crippen LogP contribution < -0.4 is 0 Å². The van der Waals surface area contributed by atoms with Crippen molar-refractivity contribution in [3.8, 4) is 0 Å². The lowest BCUT2D eigenvalue weighted by molar-refractivity contribution is -0.115. The summed E-state index contributed by atoms with van der Waals surface area (Å²) in [6, 6.07) is 10.9. The van der Waals surface area contributed by atoms with E-state index in [-0.39, 0.29) is 17.5 Å². The Bertz CT molecular complexity index is 811. The zero-order valence-corrected chi connectivity index (χ0v) is 15.7. The number of ketones is 1. The first-order valence-corrected chi connectivity index (χ1v) is 8.98. The van der Waals surface area contributed by atoms with Gasteiger partial charge < -0.3 is 0 Å². The van der Waals surface area contributed by atoms with Gasteiger partial charge in [0.2, 0.25) is 0 Å². The third kappa shape index (κ3) is 3.48. The van der Waals surface area contributed by atoms with E-state index in [1.807, 2.05) is 31.2 Å². The molecule has 0 saturated heterocycles. The molecule has 3 rings (SSSR count). The summed E-state index contributed by atoms with van der Waals surface area (Å²) in [7, 11) is 0. The van der Waals surface area contributed by atoms with Gasteiger partial charge in [0, 0.05) is 15.4 Å². The van der Waals surface area contributed by atoms with Crippen molar-refractivity contribution in [1.29, 1.82) is 0 Å². The average molecular weight is 438 g/mol. The van der Waals surface area contributed by atoms with Crippen molar-refractivity contribution < 1.29 is 9.18 Å². The number of aryl methyl sites for hydroxylation is 1. The second kappa shape index (κ2) is 6.70. The summed E-state index contributed by atoms with van der Waals surface area (Å²) >= 11 is 7.10. The van der Waals surface area contributed by atoms with Gasteiger partial charge in [-0.1, -0.05) is 50.1 Å². The molecule has 0 amide bonds. The number of carbonyl (C=O) groups excluding carboxylic acids is 1. The van der Waals surface area contributed by atoms with Crippen LogP contribution in [0.15, 0.2) is 51.4 Å². The molecule has 0 saturated carbocycles. The first-order chi connectivity index (χ1) is 11.0. The lowest BCUT2D eigenvalue weighted by atomic mass is 9.80. The average Bonchev–Trinajstić information content (AvgIpc) is 2.50. The van der Waals surface area contributed by atoms with Crippen LogP contribution in [0, 0.1) is 12.7 Å². The molecule has 1 aliphatic carbocycles. The lowest BCUT2D eigenvalue weighted by Gasteiger charge is -2.25. The molecule has 2 aromatic rings. The summed E-state index contributed by atoms with van der Waals surface area (Å²) in [5.74, 6) is -0.190. The van der Waals surface area contributed by atoms with Gasteiger partial charge in [0.25, 0.3) is 0 Å². The Labute approximate surface area is 151 Å². The summed E-state index contributed by atoms with van der Waals surface area (Å²) < 4.78 is 15.7. The van der Waals surface area contributed by atoms with Gasteiger partial charge in [0.05, 0.1) is 0 Å². The summed E-state index contributed by atoms with van der Waals surface area (Å²) in [4.78, 5) is 12.2. The molecule has 0 aromatic heterocycles. The first-order valence-electron chi connectivity index (χ1n) is 7.39. The number of halogens is 3. The van der Waals surface area contributed by atoms with E-state index >= 15 is 0 Å². The highest BCUT2D eigenvalue weighted by molar-refractivity contribution is 9.10. The van der Waals surface area contributed by atoms with Gasteiger partial charge in [0.15, 0.2) is 5.78 Å². The number of benzene rings is 2. The highest BCUT2D eigenvalue weighted by atomic mass is 79.9. The Hall–Kier alpha value is -1.26. The molecule has 118 valence electrons. The molecule has 1 unspecified atom stereocenters. The number of carbonyl (C=O) groups is 1. The van der Waals surface area contributed by atoms with Crippen LogP contribution in [0.4, 0.5) is 4.39 Å².